The second-order valence-electron chi connectivity index (χ2n) is 9.80. The molecule has 2 aromatic carbocycles. The van der Waals surface area contributed by atoms with E-state index in [-0.39, 0.29) is 18.1 Å². The molecule has 0 N–H and O–H groups in total. The smallest absolute Gasteiger partial charge is 0.228 e. The Bertz CT molecular complexity index is 1190. The molecular weight excluding hydrogens is 470 g/mol. The molecule has 2 fully saturated rings. The summed E-state index contributed by atoms with van der Waals surface area (Å²) in [4.78, 5) is 23.6. The third kappa shape index (κ3) is 5.51. The Labute approximate surface area is 217 Å². The van der Waals surface area contributed by atoms with Gasteiger partial charge in [0.15, 0.2) is 11.5 Å². The molecule has 2 heterocycles. The molecule has 36 heavy (non-hydrogen) atoms. The number of aromatic nitrogens is 1. The molecule has 6 nitrogen and oxygen atoms in total. The SMILES string of the molecule is COc1ccc(N2CCN(C(=O)Cc3sc(C)nc3C)[C@@H](Cc3ccccc3)C2)cc1OC1CCC1. The highest BCUT2D eigenvalue weighted by Crippen LogP contribution is 2.36. The van der Waals surface area contributed by atoms with Gasteiger partial charge in [0.25, 0.3) is 0 Å². The van der Waals surface area contributed by atoms with E-state index in [1.54, 1.807) is 18.4 Å². The summed E-state index contributed by atoms with van der Waals surface area (Å²) in [7, 11) is 1.69. The number of ether oxygens (including phenoxy) is 2. The normalized spacial score (nSPS) is 18.1. The molecule has 1 amide bonds. The van der Waals surface area contributed by atoms with E-state index < -0.39 is 0 Å². The second-order valence-corrected chi connectivity index (χ2v) is 11.1. The van der Waals surface area contributed by atoms with Crippen molar-refractivity contribution < 1.29 is 14.3 Å². The lowest BCUT2D eigenvalue weighted by Gasteiger charge is -2.43. The summed E-state index contributed by atoms with van der Waals surface area (Å²) in [5, 5.41) is 1.01. The molecule has 3 aromatic rings. The number of carbonyl (C=O) groups excluding carboxylic acids is 1. The fourth-order valence-electron chi connectivity index (χ4n) is 5.08. The lowest BCUT2D eigenvalue weighted by Crippen LogP contribution is -2.56. The molecule has 7 heteroatoms. The van der Waals surface area contributed by atoms with Crippen LogP contribution in [0.4, 0.5) is 5.69 Å². The van der Waals surface area contributed by atoms with Crippen LogP contribution in [0, 0.1) is 13.8 Å². The number of nitrogens with zero attached hydrogens (tertiary/aromatic N) is 3. The van der Waals surface area contributed by atoms with E-state index >= 15 is 0 Å². The first-order valence-electron chi connectivity index (χ1n) is 12.9. The van der Waals surface area contributed by atoms with E-state index in [1.165, 1.54) is 12.0 Å². The molecule has 0 spiro atoms. The predicted molar refractivity (Wildman–Crippen MR) is 144 cm³/mol. The first-order chi connectivity index (χ1) is 17.5. The van der Waals surface area contributed by atoms with Crippen molar-refractivity contribution in [3.8, 4) is 11.5 Å². The number of rotatable bonds is 8. The highest BCUT2D eigenvalue weighted by atomic mass is 32.1. The van der Waals surface area contributed by atoms with Crippen LogP contribution in [0.1, 0.15) is 40.4 Å². The number of carbonyl (C=O) groups is 1. The molecule has 0 radical (unpaired) electrons. The first kappa shape index (κ1) is 24.6. The average molecular weight is 506 g/mol. The van der Waals surface area contributed by atoms with Gasteiger partial charge in [-0.3, -0.25) is 4.79 Å². The van der Waals surface area contributed by atoms with Crippen LogP contribution in [0.3, 0.4) is 0 Å². The Hall–Kier alpha value is -3.06. The van der Waals surface area contributed by atoms with Gasteiger partial charge in [-0.05, 0) is 57.2 Å². The lowest BCUT2D eigenvalue weighted by atomic mass is 9.96. The maximum atomic E-state index is 13.5. The van der Waals surface area contributed by atoms with E-state index in [1.807, 2.05) is 26.0 Å². The monoisotopic (exact) mass is 505 g/mol. The van der Waals surface area contributed by atoms with E-state index in [9.17, 15) is 4.79 Å². The number of methoxy groups -OCH3 is 1. The zero-order valence-corrected chi connectivity index (χ0v) is 22.2. The topological polar surface area (TPSA) is 54.9 Å². The summed E-state index contributed by atoms with van der Waals surface area (Å²) in [6.07, 6.45) is 4.96. The van der Waals surface area contributed by atoms with Gasteiger partial charge in [-0.2, -0.15) is 0 Å². The van der Waals surface area contributed by atoms with Gasteiger partial charge in [0.2, 0.25) is 5.91 Å². The van der Waals surface area contributed by atoms with E-state index in [4.69, 9.17) is 9.47 Å². The van der Waals surface area contributed by atoms with Crippen molar-refractivity contribution in [2.24, 2.45) is 0 Å². The van der Waals surface area contributed by atoms with Gasteiger partial charge in [-0.25, -0.2) is 4.98 Å². The van der Waals surface area contributed by atoms with Crippen molar-refractivity contribution in [1.82, 2.24) is 9.88 Å². The van der Waals surface area contributed by atoms with Gasteiger partial charge in [0.1, 0.15) is 0 Å². The van der Waals surface area contributed by atoms with Gasteiger partial charge in [-0.1, -0.05) is 30.3 Å². The standard InChI is InChI=1S/C29H35N3O3S/c1-20-28(36-21(2)30-20)18-29(33)32-15-14-31(19-24(32)16-22-8-5-4-6-9-22)23-12-13-26(34-3)27(17-23)35-25-10-7-11-25/h4-6,8-9,12-13,17,24-25H,7,10-11,14-16,18-19H2,1-3H3/t24-/m0/s1. The Morgan fingerprint density at radius 2 is 1.89 bits per heavy atom. The Balaban J connectivity index is 1.36. The van der Waals surface area contributed by atoms with Crippen molar-refractivity contribution in [1.29, 1.82) is 0 Å². The fourth-order valence-corrected chi connectivity index (χ4v) is 6.01. The van der Waals surface area contributed by atoms with Crippen molar-refractivity contribution in [3.05, 3.63) is 69.7 Å². The molecule has 1 saturated heterocycles. The molecule has 1 atom stereocenters. The number of hydrogen-bond donors (Lipinski definition) is 0. The number of benzene rings is 2. The molecule has 1 aromatic heterocycles. The predicted octanol–water partition coefficient (Wildman–Crippen LogP) is 5.20. The number of hydrogen-bond acceptors (Lipinski definition) is 6. The van der Waals surface area contributed by atoms with Gasteiger partial charge in [-0.15, -0.1) is 11.3 Å². The van der Waals surface area contributed by atoms with E-state index in [0.29, 0.717) is 13.0 Å². The maximum absolute atomic E-state index is 13.5. The highest BCUT2D eigenvalue weighted by molar-refractivity contribution is 7.11. The Morgan fingerprint density at radius 3 is 2.56 bits per heavy atom. The average Bonchev–Trinajstić information content (AvgIpc) is 3.18. The first-order valence-corrected chi connectivity index (χ1v) is 13.7. The summed E-state index contributed by atoms with van der Waals surface area (Å²) in [5.41, 5.74) is 3.33. The van der Waals surface area contributed by atoms with Crippen LogP contribution in [-0.2, 0) is 17.6 Å². The van der Waals surface area contributed by atoms with Crippen molar-refractivity contribution >= 4 is 22.9 Å². The molecule has 1 saturated carbocycles. The molecule has 190 valence electrons. The van der Waals surface area contributed by atoms with Crippen LogP contribution in [0.25, 0.3) is 0 Å². The third-order valence-corrected chi connectivity index (χ3v) is 8.36. The minimum absolute atomic E-state index is 0.0843. The van der Waals surface area contributed by atoms with Crippen molar-refractivity contribution in [2.45, 2.75) is 58.1 Å². The molecule has 1 aliphatic carbocycles. The largest absolute Gasteiger partial charge is 0.493 e. The fraction of sp³-hybridized carbons (Fsp3) is 0.448. The summed E-state index contributed by atoms with van der Waals surface area (Å²) in [6, 6.07) is 16.8. The summed E-state index contributed by atoms with van der Waals surface area (Å²) >= 11 is 1.63. The second kappa shape index (κ2) is 10.9. The number of piperazine rings is 1. The van der Waals surface area contributed by atoms with Crippen molar-refractivity contribution in [2.75, 3.05) is 31.6 Å². The summed E-state index contributed by atoms with van der Waals surface area (Å²) < 4.78 is 11.8. The van der Waals surface area contributed by atoms with E-state index in [0.717, 1.165) is 65.1 Å². The minimum atomic E-state index is 0.0843. The van der Waals surface area contributed by atoms with Gasteiger partial charge >= 0.3 is 0 Å². The molecule has 1 aliphatic heterocycles. The quantitative estimate of drug-likeness (QED) is 0.421. The lowest BCUT2D eigenvalue weighted by molar-refractivity contribution is -0.133. The summed E-state index contributed by atoms with van der Waals surface area (Å²) in [5.74, 6) is 1.77. The van der Waals surface area contributed by atoms with Gasteiger partial charge in [0, 0.05) is 36.3 Å². The summed E-state index contributed by atoms with van der Waals surface area (Å²) in [6.45, 7) is 6.25. The molecule has 2 aliphatic rings. The molecule has 0 bridgehead atoms. The Kier molecular flexibility index (Phi) is 7.46. The van der Waals surface area contributed by atoms with Crippen LogP contribution in [-0.4, -0.2) is 54.7 Å². The van der Waals surface area contributed by atoms with Crippen LogP contribution >= 0.6 is 11.3 Å². The van der Waals surface area contributed by atoms with Crippen molar-refractivity contribution in [3.63, 3.8) is 0 Å². The molecular formula is C29H35N3O3S. The highest BCUT2D eigenvalue weighted by Gasteiger charge is 2.32. The molecule has 5 rings (SSSR count). The maximum Gasteiger partial charge on any atom is 0.228 e. The number of anilines is 1. The van der Waals surface area contributed by atoms with E-state index in [2.05, 4.69) is 51.2 Å². The van der Waals surface area contributed by atoms with Crippen LogP contribution in [0.5, 0.6) is 11.5 Å². The van der Waals surface area contributed by atoms with Gasteiger partial charge in [0.05, 0.1) is 36.4 Å². The minimum Gasteiger partial charge on any atom is -0.493 e. The zero-order valence-electron chi connectivity index (χ0n) is 21.4. The number of amides is 1. The number of thiazole rings is 1. The number of aryl methyl sites for hydroxylation is 2. The molecule has 0 unspecified atom stereocenters. The van der Waals surface area contributed by atoms with Crippen LogP contribution < -0.4 is 14.4 Å². The third-order valence-electron chi connectivity index (χ3n) is 7.29. The Morgan fingerprint density at radius 1 is 1.08 bits per heavy atom. The zero-order chi connectivity index (χ0) is 25.1. The van der Waals surface area contributed by atoms with Crippen LogP contribution in [0.2, 0.25) is 0 Å². The van der Waals surface area contributed by atoms with Gasteiger partial charge < -0.3 is 19.3 Å². The van der Waals surface area contributed by atoms with Crippen LogP contribution in [0.15, 0.2) is 48.5 Å².